The topological polar surface area (TPSA) is 69.6 Å². The van der Waals surface area contributed by atoms with Gasteiger partial charge in [-0.2, -0.15) is 0 Å². The normalized spacial score (nSPS) is 18.9. The summed E-state index contributed by atoms with van der Waals surface area (Å²) in [4.78, 5) is 2.25. The highest BCUT2D eigenvalue weighted by Crippen LogP contribution is 2.51. The summed E-state index contributed by atoms with van der Waals surface area (Å²) in [6, 6.07) is 7.53. The molecule has 4 rings (SSSR count). The largest absolute Gasteiger partial charge is 0.493 e. The van der Waals surface area contributed by atoms with Crippen LogP contribution in [-0.2, 0) is 6.42 Å². The zero-order chi connectivity index (χ0) is 20.5. The Labute approximate surface area is 170 Å². The van der Waals surface area contributed by atoms with Crippen molar-refractivity contribution in [2.24, 2.45) is 0 Å². The average Bonchev–Trinajstić information content (AvgIpc) is 3.21. The monoisotopic (exact) mass is 401 g/mol. The first-order valence-electron chi connectivity index (χ1n) is 9.67. The fourth-order valence-electron chi connectivity index (χ4n) is 4.23. The molecule has 0 aromatic heterocycles. The van der Waals surface area contributed by atoms with Crippen LogP contribution < -0.4 is 23.7 Å². The standard InChI is InChI=1S/C22H27NO6/c1-23-8-7-14-10-19-21(29-12-28-19)22(27-4)20(14)15(23)11-16(24)13-5-6-17(25-2)18(9-13)26-3/h5-6,9-10,15-16,24H,7-8,11-12H2,1-4H3. The summed E-state index contributed by atoms with van der Waals surface area (Å²) in [5.74, 6) is 3.31. The molecule has 2 aromatic rings. The molecule has 0 aliphatic carbocycles. The number of nitrogens with zero attached hydrogens (tertiary/aromatic N) is 1. The van der Waals surface area contributed by atoms with Crippen LogP contribution in [0.25, 0.3) is 0 Å². The lowest BCUT2D eigenvalue weighted by atomic mass is 9.87. The molecule has 2 aliphatic heterocycles. The van der Waals surface area contributed by atoms with E-state index in [1.54, 1.807) is 21.3 Å². The van der Waals surface area contributed by atoms with E-state index in [0.29, 0.717) is 29.4 Å². The van der Waals surface area contributed by atoms with Crippen molar-refractivity contribution in [3.05, 3.63) is 41.0 Å². The molecule has 7 nitrogen and oxygen atoms in total. The van der Waals surface area contributed by atoms with Crippen LogP contribution in [0.5, 0.6) is 28.7 Å². The molecular weight excluding hydrogens is 374 g/mol. The number of benzene rings is 2. The van der Waals surface area contributed by atoms with Crippen molar-refractivity contribution in [1.29, 1.82) is 0 Å². The van der Waals surface area contributed by atoms with E-state index in [1.165, 1.54) is 5.56 Å². The quantitative estimate of drug-likeness (QED) is 0.798. The summed E-state index contributed by atoms with van der Waals surface area (Å²) >= 11 is 0. The molecule has 7 heteroatoms. The molecule has 0 radical (unpaired) electrons. The van der Waals surface area contributed by atoms with Gasteiger partial charge in [0.1, 0.15) is 0 Å². The lowest BCUT2D eigenvalue weighted by molar-refractivity contribution is 0.107. The number of methoxy groups -OCH3 is 3. The Morgan fingerprint density at radius 1 is 1.10 bits per heavy atom. The highest BCUT2D eigenvalue weighted by atomic mass is 16.7. The third kappa shape index (κ3) is 3.45. The number of hydrogen-bond acceptors (Lipinski definition) is 7. The Kier molecular flexibility index (Phi) is 5.43. The zero-order valence-electron chi connectivity index (χ0n) is 17.2. The molecule has 29 heavy (non-hydrogen) atoms. The van der Waals surface area contributed by atoms with E-state index in [1.807, 2.05) is 24.3 Å². The molecule has 0 spiro atoms. The summed E-state index contributed by atoms with van der Waals surface area (Å²) < 4.78 is 27.7. The van der Waals surface area contributed by atoms with Gasteiger partial charge in [-0.15, -0.1) is 0 Å². The number of likely N-dealkylation sites (N-methyl/N-ethyl adjacent to an activating group) is 1. The molecule has 2 aromatic carbocycles. The van der Waals surface area contributed by atoms with Crippen LogP contribution >= 0.6 is 0 Å². The third-order valence-electron chi connectivity index (χ3n) is 5.79. The van der Waals surface area contributed by atoms with E-state index >= 15 is 0 Å². The zero-order valence-corrected chi connectivity index (χ0v) is 17.2. The van der Waals surface area contributed by atoms with Gasteiger partial charge in [0.15, 0.2) is 23.0 Å². The van der Waals surface area contributed by atoms with Gasteiger partial charge in [-0.05, 0) is 49.2 Å². The van der Waals surface area contributed by atoms with Crippen LogP contribution in [0, 0.1) is 0 Å². The first kappa shape index (κ1) is 19.7. The smallest absolute Gasteiger partial charge is 0.231 e. The molecule has 0 saturated carbocycles. The van der Waals surface area contributed by atoms with Gasteiger partial charge in [0, 0.05) is 18.2 Å². The van der Waals surface area contributed by atoms with Crippen molar-refractivity contribution in [2.45, 2.75) is 25.0 Å². The van der Waals surface area contributed by atoms with Crippen LogP contribution in [0.4, 0.5) is 0 Å². The molecule has 1 N–H and O–H groups in total. The molecule has 0 fully saturated rings. The molecule has 2 aliphatic rings. The average molecular weight is 401 g/mol. The summed E-state index contributed by atoms with van der Waals surface area (Å²) in [5.41, 5.74) is 3.02. The van der Waals surface area contributed by atoms with Crippen LogP contribution in [0.15, 0.2) is 24.3 Å². The Bertz CT molecular complexity index is 899. The Morgan fingerprint density at radius 3 is 2.62 bits per heavy atom. The fourth-order valence-corrected chi connectivity index (χ4v) is 4.23. The molecule has 156 valence electrons. The maximum atomic E-state index is 11.0. The number of fused-ring (bicyclic) bond motifs is 2. The third-order valence-corrected chi connectivity index (χ3v) is 5.79. The fraction of sp³-hybridized carbons (Fsp3) is 0.455. The van der Waals surface area contributed by atoms with Gasteiger partial charge in [0.25, 0.3) is 0 Å². The minimum absolute atomic E-state index is 0.0219. The van der Waals surface area contributed by atoms with E-state index in [0.717, 1.165) is 29.8 Å². The molecule has 0 amide bonds. The highest BCUT2D eigenvalue weighted by Gasteiger charge is 2.35. The van der Waals surface area contributed by atoms with Gasteiger partial charge in [0.2, 0.25) is 12.5 Å². The molecule has 0 saturated heterocycles. The lowest BCUT2D eigenvalue weighted by Crippen LogP contribution is -2.33. The summed E-state index contributed by atoms with van der Waals surface area (Å²) in [7, 11) is 6.90. The number of ether oxygens (including phenoxy) is 5. The predicted octanol–water partition coefficient (Wildman–Crippen LogP) is 3.09. The van der Waals surface area contributed by atoms with Gasteiger partial charge in [0.05, 0.1) is 27.4 Å². The van der Waals surface area contributed by atoms with Crippen molar-refractivity contribution >= 4 is 0 Å². The van der Waals surface area contributed by atoms with Crippen molar-refractivity contribution in [3.63, 3.8) is 0 Å². The van der Waals surface area contributed by atoms with Crippen LogP contribution in [-0.4, -0.2) is 51.7 Å². The second kappa shape index (κ2) is 8.00. The van der Waals surface area contributed by atoms with E-state index in [9.17, 15) is 5.11 Å². The molecule has 2 unspecified atom stereocenters. The SMILES string of the molecule is COc1ccc(C(O)CC2c3c(cc4c(c3OC)OCO4)CCN2C)cc1OC. The summed E-state index contributed by atoms with van der Waals surface area (Å²) in [6.07, 6.45) is 0.722. The maximum absolute atomic E-state index is 11.0. The van der Waals surface area contributed by atoms with Crippen LogP contribution in [0.3, 0.4) is 0 Å². The molecule has 2 atom stereocenters. The van der Waals surface area contributed by atoms with Crippen molar-refractivity contribution in [2.75, 3.05) is 41.7 Å². The number of hydrogen-bond donors (Lipinski definition) is 1. The second-order valence-corrected chi connectivity index (χ2v) is 7.33. The van der Waals surface area contributed by atoms with Gasteiger partial charge >= 0.3 is 0 Å². The Balaban J connectivity index is 1.68. The molecular formula is C22H27NO6. The highest BCUT2D eigenvalue weighted by molar-refractivity contribution is 5.61. The minimum atomic E-state index is -0.677. The van der Waals surface area contributed by atoms with Crippen LogP contribution in [0.2, 0.25) is 0 Å². The number of rotatable bonds is 6. The first-order valence-corrected chi connectivity index (χ1v) is 9.67. The van der Waals surface area contributed by atoms with Crippen molar-refractivity contribution in [1.82, 2.24) is 4.90 Å². The van der Waals surface area contributed by atoms with Gasteiger partial charge in [-0.1, -0.05) is 6.07 Å². The number of aliphatic hydroxyl groups excluding tert-OH is 1. The molecule has 0 bridgehead atoms. The summed E-state index contributed by atoms with van der Waals surface area (Å²) in [5, 5.41) is 11.0. The van der Waals surface area contributed by atoms with Crippen LogP contribution in [0.1, 0.15) is 35.3 Å². The summed E-state index contributed by atoms with van der Waals surface area (Å²) in [6.45, 7) is 1.09. The predicted molar refractivity (Wildman–Crippen MR) is 107 cm³/mol. The maximum Gasteiger partial charge on any atom is 0.231 e. The van der Waals surface area contributed by atoms with Crippen molar-refractivity contribution < 1.29 is 28.8 Å². The Hall–Kier alpha value is -2.64. The minimum Gasteiger partial charge on any atom is -0.493 e. The lowest BCUT2D eigenvalue weighted by Gasteiger charge is -2.37. The van der Waals surface area contributed by atoms with Crippen molar-refractivity contribution in [3.8, 4) is 28.7 Å². The van der Waals surface area contributed by atoms with Gasteiger partial charge in [-0.3, -0.25) is 4.90 Å². The van der Waals surface area contributed by atoms with Gasteiger partial charge < -0.3 is 28.8 Å². The second-order valence-electron chi connectivity index (χ2n) is 7.33. The Morgan fingerprint density at radius 2 is 1.90 bits per heavy atom. The van der Waals surface area contributed by atoms with E-state index in [2.05, 4.69) is 11.9 Å². The molecule has 2 heterocycles. The van der Waals surface area contributed by atoms with E-state index in [4.69, 9.17) is 23.7 Å². The number of aliphatic hydroxyl groups is 1. The van der Waals surface area contributed by atoms with E-state index in [-0.39, 0.29) is 12.8 Å². The van der Waals surface area contributed by atoms with Gasteiger partial charge in [-0.25, -0.2) is 0 Å². The first-order chi connectivity index (χ1) is 14.1. The van der Waals surface area contributed by atoms with E-state index < -0.39 is 6.10 Å².